The summed E-state index contributed by atoms with van der Waals surface area (Å²) in [7, 11) is 1.41. The number of carbonyl (C=O) groups excluding carboxylic acids is 1. The largest absolute Gasteiger partial charge is 0.433 e. The monoisotopic (exact) mass is 210 g/mol. The summed E-state index contributed by atoms with van der Waals surface area (Å²) < 4.78 is 36.6. The molecule has 0 radical (unpaired) electrons. The first-order valence-corrected chi connectivity index (χ1v) is 3.92. The van der Waals surface area contributed by atoms with Gasteiger partial charge in [0.1, 0.15) is 0 Å². The van der Waals surface area contributed by atoms with Crippen LogP contribution in [0, 0.1) is 5.92 Å². The average molecular weight is 210 g/mol. The van der Waals surface area contributed by atoms with E-state index in [2.05, 4.69) is 5.16 Å². The molecule has 1 heterocycles. The fourth-order valence-corrected chi connectivity index (χ4v) is 1.40. The lowest BCUT2D eigenvalue weighted by molar-refractivity contribution is -0.129. The van der Waals surface area contributed by atoms with E-state index >= 15 is 0 Å². The number of hydrogen-bond donors (Lipinski definition) is 1. The third-order valence-corrected chi connectivity index (χ3v) is 2.16. The molecule has 14 heavy (non-hydrogen) atoms. The van der Waals surface area contributed by atoms with Crippen molar-refractivity contribution in [2.45, 2.75) is 12.6 Å². The number of hydrogen-bond acceptors (Lipinski definition) is 3. The van der Waals surface area contributed by atoms with Gasteiger partial charge in [-0.1, -0.05) is 5.16 Å². The van der Waals surface area contributed by atoms with Crippen LogP contribution in [0.25, 0.3) is 0 Å². The van der Waals surface area contributed by atoms with Gasteiger partial charge in [0.15, 0.2) is 5.71 Å². The van der Waals surface area contributed by atoms with Gasteiger partial charge >= 0.3 is 6.18 Å². The van der Waals surface area contributed by atoms with E-state index in [4.69, 9.17) is 5.21 Å². The Morgan fingerprint density at radius 1 is 1.64 bits per heavy atom. The van der Waals surface area contributed by atoms with Crippen LogP contribution in [0.4, 0.5) is 13.2 Å². The van der Waals surface area contributed by atoms with Crippen LogP contribution in [0.15, 0.2) is 5.16 Å². The Hall–Kier alpha value is -1.27. The molecule has 0 aromatic heterocycles. The Morgan fingerprint density at radius 3 is 2.50 bits per heavy atom. The van der Waals surface area contributed by atoms with Gasteiger partial charge in [-0.25, -0.2) is 0 Å². The van der Waals surface area contributed by atoms with Crippen molar-refractivity contribution in [3.8, 4) is 0 Å². The molecule has 1 aliphatic rings. The molecule has 4 nitrogen and oxygen atoms in total. The minimum atomic E-state index is -4.75. The van der Waals surface area contributed by atoms with Crippen molar-refractivity contribution in [1.29, 1.82) is 0 Å². The lowest BCUT2D eigenvalue weighted by Gasteiger charge is -2.13. The first kappa shape index (κ1) is 10.8. The van der Waals surface area contributed by atoms with Crippen LogP contribution in [-0.4, -0.2) is 41.5 Å². The fourth-order valence-electron chi connectivity index (χ4n) is 1.40. The normalized spacial score (nSPS) is 24.6. The minimum absolute atomic E-state index is 0.0359. The average Bonchev–Trinajstić information content (AvgIpc) is 2.35. The van der Waals surface area contributed by atoms with Crippen LogP contribution in [0.2, 0.25) is 0 Å². The van der Waals surface area contributed by atoms with E-state index in [1.54, 1.807) is 0 Å². The lowest BCUT2D eigenvalue weighted by Crippen LogP contribution is -2.35. The van der Waals surface area contributed by atoms with E-state index in [0.717, 1.165) is 0 Å². The van der Waals surface area contributed by atoms with Crippen LogP contribution in [0.5, 0.6) is 0 Å². The standard InChI is InChI=1S/C7H9F3N2O2/c1-12-3-2-4(6(12)13)5(11-14)7(8,9)10/h4,14H,2-3H2,1H3/b11-5+/t4-/m1/s1. The van der Waals surface area contributed by atoms with Crippen LogP contribution in [0.1, 0.15) is 6.42 Å². The van der Waals surface area contributed by atoms with Crippen molar-refractivity contribution in [1.82, 2.24) is 4.90 Å². The molecule has 1 atom stereocenters. The van der Waals surface area contributed by atoms with E-state index in [0.29, 0.717) is 0 Å². The Bertz CT molecular complexity index is 275. The highest BCUT2D eigenvalue weighted by molar-refractivity contribution is 6.07. The van der Waals surface area contributed by atoms with E-state index in [1.165, 1.54) is 11.9 Å². The summed E-state index contributed by atoms with van der Waals surface area (Å²) >= 11 is 0. The Kier molecular flexibility index (Phi) is 2.68. The molecule has 1 saturated heterocycles. The zero-order valence-corrected chi connectivity index (χ0v) is 7.38. The second kappa shape index (κ2) is 3.47. The Labute approximate surface area is 78.0 Å². The predicted molar refractivity (Wildman–Crippen MR) is 41.0 cm³/mol. The smallest absolute Gasteiger partial charge is 0.411 e. The molecule has 0 saturated carbocycles. The third kappa shape index (κ3) is 1.80. The van der Waals surface area contributed by atoms with E-state index < -0.39 is 23.7 Å². The zero-order chi connectivity index (χ0) is 10.9. The van der Waals surface area contributed by atoms with Gasteiger partial charge < -0.3 is 10.1 Å². The zero-order valence-electron chi connectivity index (χ0n) is 7.38. The van der Waals surface area contributed by atoms with Crippen molar-refractivity contribution in [3.63, 3.8) is 0 Å². The molecular weight excluding hydrogens is 201 g/mol. The number of alkyl halides is 3. The number of amides is 1. The lowest BCUT2D eigenvalue weighted by atomic mass is 10.0. The van der Waals surface area contributed by atoms with Gasteiger partial charge in [-0.3, -0.25) is 4.79 Å². The number of rotatable bonds is 1. The summed E-state index contributed by atoms with van der Waals surface area (Å²) in [5.74, 6) is -2.01. The van der Waals surface area contributed by atoms with Crippen molar-refractivity contribution < 1.29 is 23.2 Å². The van der Waals surface area contributed by atoms with Gasteiger partial charge in [-0.05, 0) is 6.42 Å². The molecular formula is C7H9F3N2O2. The predicted octanol–water partition coefficient (Wildman–Crippen LogP) is 0.857. The fraction of sp³-hybridized carbons (Fsp3) is 0.714. The van der Waals surface area contributed by atoms with Crippen LogP contribution in [0.3, 0.4) is 0 Å². The highest BCUT2D eigenvalue weighted by atomic mass is 19.4. The molecule has 1 amide bonds. The summed E-state index contributed by atoms with van der Waals surface area (Å²) in [4.78, 5) is 12.4. The number of oxime groups is 1. The van der Waals surface area contributed by atoms with Crippen molar-refractivity contribution >= 4 is 11.6 Å². The molecule has 0 aliphatic carbocycles. The molecule has 1 fully saturated rings. The quantitative estimate of drug-likeness (QED) is 0.396. The molecule has 0 aromatic carbocycles. The number of likely N-dealkylation sites (tertiary alicyclic amines) is 1. The topological polar surface area (TPSA) is 52.9 Å². The van der Waals surface area contributed by atoms with Crippen molar-refractivity contribution in [2.75, 3.05) is 13.6 Å². The summed E-state index contributed by atoms with van der Waals surface area (Å²) in [5, 5.41) is 10.4. The number of nitrogens with zero attached hydrogens (tertiary/aromatic N) is 2. The van der Waals surface area contributed by atoms with Gasteiger partial charge in [-0.15, -0.1) is 0 Å². The molecule has 0 spiro atoms. The van der Waals surface area contributed by atoms with E-state index in [-0.39, 0.29) is 13.0 Å². The molecule has 1 rings (SSSR count). The first-order chi connectivity index (χ1) is 6.38. The van der Waals surface area contributed by atoms with Crippen LogP contribution in [-0.2, 0) is 4.79 Å². The maximum absolute atomic E-state index is 12.2. The van der Waals surface area contributed by atoms with E-state index in [9.17, 15) is 18.0 Å². The van der Waals surface area contributed by atoms with Gasteiger partial charge in [-0.2, -0.15) is 13.2 Å². The minimum Gasteiger partial charge on any atom is -0.411 e. The molecule has 1 aliphatic heterocycles. The van der Waals surface area contributed by atoms with Gasteiger partial charge in [0.05, 0.1) is 5.92 Å². The van der Waals surface area contributed by atoms with E-state index in [1.807, 2.05) is 0 Å². The Balaban J connectivity index is 2.89. The maximum atomic E-state index is 12.2. The summed E-state index contributed by atoms with van der Waals surface area (Å²) in [6, 6.07) is 0. The SMILES string of the molecule is CN1CC[C@H](/C(=N\O)C(F)(F)F)C1=O. The first-order valence-electron chi connectivity index (χ1n) is 3.92. The summed E-state index contributed by atoms with van der Waals surface area (Å²) in [6.07, 6.45) is -4.71. The molecule has 0 unspecified atom stereocenters. The second-order valence-corrected chi connectivity index (χ2v) is 3.08. The number of carbonyl (C=O) groups is 1. The van der Waals surface area contributed by atoms with Crippen LogP contribution < -0.4 is 0 Å². The molecule has 7 heteroatoms. The molecule has 80 valence electrons. The Morgan fingerprint density at radius 2 is 2.21 bits per heavy atom. The molecule has 0 bridgehead atoms. The highest BCUT2D eigenvalue weighted by Crippen LogP contribution is 2.28. The highest BCUT2D eigenvalue weighted by Gasteiger charge is 2.47. The maximum Gasteiger partial charge on any atom is 0.433 e. The van der Waals surface area contributed by atoms with Crippen molar-refractivity contribution in [2.24, 2.45) is 11.1 Å². The van der Waals surface area contributed by atoms with Gasteiger partial charge in [0.25, 0.3) is 0 Å². The second-order valence-electron chi connectivity index (χ2n) is 3.08. The summed E-state index contributed by atoms with van der Waals surface area (Å²) in [5.41, 5.74) is -1.41. The van der Waals surface area contributed by atoms with Gasteiger partial charge in [0, 0.05) is 13.6 Å². The number of halogens is 3. The summed E-state index contributed by atoms with van der Waals surface area (Å²) in [6.45, 7) is 0.249. The van der Waals surface area contributed by atoms with Crippen molar-refractivity contribution in [3.05, 3.63) is 0 Å². The van der Waals surface area contributed by atoms with Gasteiger partial charge in [0.2, 0.25) is 5.91 Å². The third-order valence-electron chi connectivity index (χ3n) is 2.16. The van der Waals surface area contributed by atoms with Crippen LogP contribution >= 0.6 is 0 Å². The molecule has 0 aromatic rings. The molecule has 1 N–H and O–H groups in total.